The number of fused-ring (bicyclic) bond motifs is 1. The van der Waals surface area contributed by atoms with Crippen LogP contribution < -0.4 is 0 Å². The Kier molecular flexibility index (Phi) is 3.98. The lowest BCUT2D eigenvalue weighted by molar-refractivity contribution is 0.592. The number of aromatic nitrogens is 2. The van der Waals surface area contributed by atoms with Crippen molar-refractivity contribution in [2.75, 3.05) is 12.0 Å². The first-order valence-corrected chi connectivity index (χ1v) is 8.38. The second-order valence-electron chi connectivity index (χ2n) is 4.35. The molecule has 0 bridgehead atoms. The summed E-state index contributed by atoms with van der Waals surface area (Å²) in [7, 11) is -3.00. The number of imidazole rings is 1. The lowest BCUT2D eigenvalue weighted by Crippen LogP contribution is -2.07. The summed E-state index contributed by atoms with van der Waals surface area (Å²) in [5.74, 6) is -0.440. The van der Waals surface area contributed by atoms with Crippen molar-refractivity contribution in [3.63, 3.8) is 0 Å². The molecule has 2 rings (SSSR count). The Morgan fingerprint density at radius 3 is 2.79 bits per heavy atom. The Labute approximate surface area is 120 Å². The summed E-state index contributed by atoms with van der Waals surface area (Å²) in [6, 6.07) is 2.76. The number of H-pyrrole nitrogens is 1. The maximum absolute atomic E-state index is 13.3. The van der Waals surface area contributed by atoms with E-state index in [0.29, 0.717) is 28.8 Å². The van der Waals surface area contributed by atoms with Crippen LogP contribution in [0.1, 0.15) is 6.42 Å². The van der Waals surface area contributed by atoms with Gasteiger partial charge in [-0.05, 0) is 24.7 Å². The fourth-order valence-electron chi connectivity index (χ4n) is 1.86. The molecule has 1 N–H and O–H groups in total. The van der Waals surface area contributed by atoms with E-state index in [-0.39, 0.29) is 10.8 Å². The topological polar surface area (TPSA) is 54.9 Å². The average molecular weight is 323 g/mol. The number of hydrogen-bond acceptors (Lipinski definition) is 3. The van der Waals surface area contributed by atoms with Crippen molar-refractivity contribution < 1.29 is 12.8 Å². The number of nitrogens with one attached hydrogen (secondary N) is 1. The van der Waals surface area contributed by atoms with Crippen molar-refractivity contribution >= 4 is 44.7 Å². The first-order chi connectivity index (χ1) is 8.78. The minimum atomic E-state index is -3.00. The van der Waals surface area contributed by atoms with E-state index in [4.69, 9.17) is 23.8 Å². The summed E-state index contributed by atoms with van der Waals surface area (Å²) in [5.41, 5.74) is 1.22. The van der Waals surface area contributed by atoms with Crippen LogP contribution in [0.5, 0.6) is 0 Å². The summed E-state index contributed by atoms with van der Waals surface area (Å²) >= 11 is 10.9. The number of sulfone groups is 1. The highest BCUT2D eigenvalue weighted by Gasteiger charge is 2.10. The number of benzene rings is 1. The van der Waals surface area contributed by atoms with Crippen molar-refractivity contribution in [3.8, 4) is 0 Å². The lowest BCUT2D eigenvalue weighted by Gasteiger charge is -2.04. The van der Waals surface area contributed by atoms with Gasteiger partial charge in [0, 0.05) is 18.9 Å². The van der Waals surface area contributed by atoms with E-state index in [2.05, 4.69) is 4.98 Å². The zero-order valence-corrected chi connectivity index (χ0v) is 12.5. The standard InChI is InChI=1S/C11H12ClFN2O2S2/c1-19(16,17)4-2-3-15-10-5-7(12)8(13)6-9(10)14-11(15)18/h5-6H,2-4H2,1H3,(H,14,18). The zero-order valence-electron chi connectivity index (χ0n) is 10.1. The maximum atomic E-state index is 13.3. The number of aryl methyl sites for hydroxylation is 1. The van der Waals surface area contributed by atoms with Crippen LogP contribution in [0.2, 0.25) is 5.02 Å². The Morgan fingerprint density at radius 2 is 2.16 bits per heavy atom. The molecular weight excluding hydrogens is 311 g/mol. The van der Waals surface area contributed by atoms with E-state index in [9.17, 15) is 12.8 Å². The van der Waals surface area contributed by atoms with Gasteiger partial charge in [0.15, 0.2) is 4.77 Å². The first kappa shape index (κ1) is 14.5. The molecule has 0 radical (unpaired) electrons. The van der Waals surface area contributed by atoms with E-state index in [0.717, 1.165) is 0 Å². The molecule has 2 aromatic rings. The lowest BCUT2D eigenvalue weighted by atomic mass is 10.3. The molecule has 19 heavy (non-hydrogen) atoms. The molecule has 104 valence electrons. The summed E-state index contributed by atoms with van der Waals surface area (Å²) in [5, 5.41) is 0.0124. The van der Waals surface area contributed by atoms with Gasteiger partial charge in [-0.15, -0.1) is 0 Å². The monoisotopic (exact) mass is 322 g/mol. The van der Waals surface area contributed by atoms with Crippen LogP contribution in [-0.2, 0) is 16.4 Å². The van der Waals surface area contributed by atoms with Gasteiger partial charge in [0.1, 0.15) is 15.7 Å². The molecular formula is C11H12ClFN2O2S2. The molecule has 1 heterocycles. The fourth-order valence-corrected chi connectivity index (χ4v) is 2.97. The van der Waals surface area contributed by atoms with Gasteiger partial charge < -0.3 is 9.55 Å². The largest absolute Gasteiger partial charge is 0.330 e. The molecule has 0 unspecified atom stereocenters. The highest BCUT2D eigenvalue weighted by Crippen LogP contribution is 2.23. The van der Waals surface area contributed by atoms with Crippen LogP contribution >= 0.6 is 23.8 Å². The molecule has 0 amide bonds. The zero-order chi connectivity index (χ0) is 14.2. The van der Waals surface area contributed by atoms with Gasteiger partial charge in [0.2, 0.25) is 0 Å². The Bertz CT molecular complexity index is 780. The van der Waals surface area contributed by atoms with E-state index in [1.54, 1.807) is 4.57 Å². The SMILES string of the molecule is CS(=O)(=O)CCCn1c(=S)[nH]c2cc(F)c(Cl)cc21. The molecule has 4 nitrogen and oxygen atoms in total. The summed E-state index contributed by atoms with van der Waals surface area (Å²) < 4.78 is 37.7. The third-order valence-electron chi connectivity index (χ3n) is 2.71. The van der Waals surface area contributed by atoms with Crippen molar-refractivity contribution in [3.05, 3.63) is 27.7 Å². The Morgan fingerprint density at radius 1 is 1.47 bits per heavy atom. The molecule has 8 heteroatoms. The minimum absolute atomic E-state index is 0.0124. The smallest absolute Gasteiger partial charge is 0.178 e. The van der Waals surface area contributed by atoms with Gasteiger partial charge in [0.25, 0.3) is 0 Å². The van der Waals surface area contributed by atoms with Gasteiger partial charge in [0.05, 0.1) is 21.8 Å². The van der Waals surface area contributed by atoms with Crippen LogP contribution in [0.4, 0.5) is 4.39 Å². The fraction of sp³-hybridized carbons (Fsp3) is 0.364. The second-order valence-corrected chi connectivity index (χ2v) is 7.40. The van der Waals surface area contributed by atoms with Crippen molar-refractivity contribution in [2.45, 2.75) is 13.0 Å². The van der Waals surface area contributed by atoms with E-state index >= 15 is 0 Å². The number of hydrogen-bond donors (Lipinski definition) is 1. The van der Waals surface area contributed by atoms with Gasteiger partial charge in [-0.3, -0.25) is 0 Å². The van der Waals surface area contributed by atoms with Gasteiger partial charge in [-0.25, -0.2) is 12.8 Å². The first-order valence-electron chi connectivity index (χ1n) is 5.53. The summed E-state index contributed by atoms with van der Waals surface area (Å²) in [4.78, 5) is 2.87. The molecule has 0 fully saturated rings. The van der Waals surface area contributed by atoms with E-state index < -0.39 is 15.7 Å². The summed E-state index contributed by atoms with van der Waals surface area (Å²) in [6.07, 6.45) is 1.63. The van der Waals surface area contributed by atoms with Gasteiger partial charge >= 0.3 is 0 Å². The number of aromatic amines is 1. The van der Waals surface area contributed by atoms with E-state index in [1.807, 2.05) is 0 Å². The van der Waals surface area contributed by atoms with Crippen molar-refractivity contribution in [1.82, 2.24) is 9.55 Å². The number of rotatable bonds is 4. The molecule has 1 aromatic heterocycles. The van der Waals surface area contributed by atoms with Crippen LogP contribution in [0, 0.1) is 10.6 Å². The van der Waals surface area contributed by atoms with Crippen LogP contribution in [0.15, 0.2) is 12.1 Å². The maximum Gasteiger partial charge on any atom is 0.178 e. The average Bonchev–Trinajstić information content (AvgIpc) is 2.55. The Hall–Kier alpha value is -0.920. The molecule has 0 saturated carbocycles. The normalized spacial score (nSPS) is 12.2. The van der Waals surface area contributed by atoms with Gasteiger partial charge in [-0.1, -0.05) is 11.6 Å². The molecule has 0 aliphatic heterocycles. The predicted octanol–water partition coefficient (Wildman–Crippen LogP) is 2.93. The predicted molar refractivity (Wildman–Crippen MR) is 76.4 cm³/mol. The molecule has 0 atom stereocenters. The molecule has 0 aliphatic rings. The van der Waals surface area contributed by atoms with Crippen LogP contribution in [0.3, 0.4) is 0 Å². The molecule has 0 spiro atoms. The van der Waals surface area contributed by atoms with Crippen LogP contribution in [0.25, 0.3) is 11.0 Å². The minimum Gasteiger partial charge on any atom is -0.330 e. The molecule has 1 aromatic carbocycles. The van der Waals surface area contributed by atoms with Crippen molar-refractivity contribution in [2.24, 2.45) is 0 Å². The quantitative estimate of drug-likeness (QED) is 0.881. The second kappa shape index (κ2) is 5.22. The highest BCUT2D eigenvalue weighted by molar-refractivity contribution is 7.90. The number of nitrogens with zero attached hydrogens (tertiary/aromatic N) is 1. The van der Waals surface area contributed by atoms with Crippen molar-refractivity contribution in [1.29, 1.82) is 0 Å². The highest BCUT2D eigenvalue weighted by atomic mass is 35.5. The number of halogens is 2. The summed E-state index contributed by atoms with van der Waals surface area (Å²) in [6.45, 7) is 0.438. The van der Waals surface area contributed by atoms with E-state index in [1.165, 1.54) is 18.4 Å². The Balaban J connectivity index is 2.35. The van der Waals surface area contributed by atoms with Gasteiger partial charge in [-0.2, -0.15) is 0 Å². The third kappa shape index (κ3) is 3.34. The molecule has 0 saturated heterocycles. The third-order valence-corrected chi connectivity index (χ3v) is 4.36. The molecule has 0 aliphatic carbocycles. The van der Waals surface area contributed by atoms with Crippen LogP contribution in [-0.4, -0.2) is 30.0 Å².